The summed E-state index contributed by atoms with van der Waals surface area (Å²) in [5.41, 5.74) is 5.15. The summed E-state index contributed by atoms with van der Waals surface area (Å²) in [6, 6.07) is 1.12. The summed E-state index contributed by atoms with van der Waals surface area (Å²) >= 11 is 0. The maximum Gasteiger partial charge on any atom is 0.379 e. The van der Waals surface area contributed by atoms with Crippen molar-refractivity contribution in [2.75, 3.05) is 6.61 Å². The molecule has 0 aliphatic heterocycles. The van der Waals surface area contributed by atoms with E-state index in [2.05, 4.69) is 9.47 Å². The van der Waals surface area contributed by atoms with Gasteiger partial charge in [0.1, 0.15) is 6.04 Å². The fraction of sp³-hybridized carbons (Fsp3) is 0.385. The number of hydrogen-bond acceptors (Lipinski definition) is 6. The Morgan fingerprint density at radius 1 is 1.43 bits per heavy atom. The van der Waals surface area contributed by atoms with E-state index in [-0.39, 0.29) is 17.9 Å². The van der Waals surface area contributed by atoms with Crippen LogP contribution in [-0.2, 0) is 14.3 Å². The number of aromatic hydroxyl groups is 1. The second-order valence-corrected chi connectivity index (χ2v) is 4.14. The number of benzene rings is 1. The zero-order chi connectivity index (χ0) is 16.2. The van der Waals surface area contributed by atoms with Crippen molar-refractivity contribution in [2.45, 2.75) is 25.8 Å². The molecule has 0 aliphatic rings. The Balaban J connectivity index is 3.02. The lowest BCUT2D eigenvalue weighted by atomic mass is 10.0. The predicted octanol–water partition coefficient (Wildman–Crippen LogP) is 1.52. The smallest absolute Gasteiger partial charge is 0.379 e. The van der Waals surface area contributed by atoms with Gasteiger partial charge in [-0.2, -0.15) is 8.78 Å². The van der Waals surface area contributed by atoms with Gasteiger partial charge in [-0.05, 0) is 24.6 Å². The molecule has 0 fully saturated rings. The summed E-state index contributed by atoms with van der Waals surface area (Å²) in [5, 5.41) is 9.60. The van der Waals surface area contributed by atoms with Gasteiger partial charge in [-0.25, -0.2) is 4.79 Å². The summed E-state index contributed by atoms with van der Waals surface area (Å²) in [5.74, 6) is -7.12. The van der Waals surface area contributed by atoms with E-state index < -0.39 is 29.7 Å². The number of phenols is 1. The molecule has 0 aromatic heterocycles. The van der Waals surface area contributed by atoms with E-state index in [1.807, 2.05) is 0 Å². The highest BCUT2D eigenvalue weighted by atomic mass is 19.3. The van der Waals surface area contributed by atoms with Gasteiger partial charge < -0.3 is 20.3 Å². The maximum absolute atomic E-state index is 13.8. The third-order valence-electron chi connectivity index (χ3n) is 2.53. The Labute approximate surface area is 119 Å². The minimum Gasteiger partial charge on any atom is -0.504 e. The molecule has 116 valence electrons. The second-order valence-electron chi connectivity index (χ2n) is 4.14. The van der Waals surface area contributed by atoms with Crippen LogP contribution in [0.2, 0.25) is 0 Å². The molecule has 1 atom stereocenters. The van der Waals surface area contributed by atoms with Crippen molar-refractivity contribution in [3.63, 3.8) is 0 Å². The summed E-state index contributed by atoms with van der Waals surface area (Å²) in [6.07, 6.45) is 0. The summed E-state index contributed by atoms with van der Waals surface area (Å²) < 4.78 is 36.4. The molecule has 21 heavy (non-hydrogen) atoms. The highest BCUT2D eigenvalue weighted by Crippen LogP contribution is 2.35. The molecule has 1 aromatic carbocycles. The molecule has 6 nitrogen and oxygen atoms in total. The molecule has 0 unspecified atom stereocenters. The van der Waals surface area contributed by atoms with E-state index >= 15 is 0 Å². The molecule has 0 spiro atoms. The van der Waals surface area contributed by atoms with Crippen molar-refractivity contribution >= 4 is 11.9 Å². The van der Waals surface area contributed by atoms with Crippen LogP contribution >= 0.6 is 0 Å². The number of rotatable bonds is 5. The third-order valence-corrected chi connectivity index (χ3v) is 2.53. The first kappa shape index (κ1) is 16.8. The molecule has 0 amide bonds. The summed E-state index contributed by atoms with van der Waals surface area (Å²) in [7, 11) is 0. The van der Waals surface area contributed by atoms with Gasteiger partial charge in [0, 0.05) is 6.92 Å². The average molecular weight is 303 g/mol. The van der Waals surface area contributed by atoms with Crippen molar-refractivity contribution < 1.29 is 33.0 Å². The number of phenolic OH excluding ortho intramolecular Hbond substituents is 1. The van der Waals surface area contributed by atoms with Crippen LogP contribution in [0.15, 0.2) is 18.2 Å². The Hall–Kier alpha value is -2.22. The zero-order valence-electron chi connectivity index (χ0n) is 11.4. The number of nitrogens with two attached hydrogens (primary N) is 1. The van der Waals surface area contributed by atoms with E-state index in [0.717, 1.165) is 25.1 Å². The molecule has 0 radical (unpaired) electrons. The molecule has 3 N–H and O–H groups in total. The second kappa shape index (κ2) is 6.49. The van der Waals surface area contributed by atoms with E-state index in [4.69, 9.17) is 5.73 Å². The first-order valence-electron chi connectivity index (χ1n) is 6.02. The standard InChI is InChI=1S/C13H15F2NO5/c1-3-20-12(19)13(14,15)11(16)8-4-5-10(9(18)6-8)21-7(2)17/h4-6,11,18H,3,16H2,1-2H3/t11-/m0/s1. The lowest BCUT2D eigenvalue weighted by Gasteiger charge is -2.22. The van der Waals surface area contributed by atoms with Crippen molar-refractivity contribution in [1.29, 1.82) is 0 Å². The Bertz CT molecular complexity index is 547. The van der Waals surface area contributed by atoms with Crippen LogP contribution in [0.3, 0.4) is 0 Å². The minimum atomic E-state index is -3.95. The van der Waals surface area contributed by atoms with Crippen molar-refractivity contribution in [2.24, 2.45) is 5.73 Å². The fourth-order valence-electron chi connectivity index (χ4n) is 1.53. The van der Waals surface area contributed by atoms with Gasteiger partial charge in [-0.3, -0.25) is 4.79 Å². The summed E-state index contributed by atoms with van der Waals surface area (Å²) in [6.45, 7) is 2.30. The van der Waals surface area contributed by atoms with Crippen LogP contribution in [-0.4, -0.2) is 29.6 Å². The topological polar surface area (TPSA) is 98.9 Å². The Morgan fingerprint density at radius 3 is 2.52 bits per heavy atom. The maximum atomic E-state index is 13.8. The molecular formula is C13H15F2NO5. The van der Waals surface area contributed by atoms with Gasteiger partial charge in [0.2, 0.25) is 0 Å². The average Bonchev–Trinajstić information content (AvgIpc) is 2.40. The van der Waals surface area contributed by atoms with E-state index in [9.17, 15) is 23.5 Å². The number of carbonyl (C=O) groups is 2. The lowest BCUT2D eigenvalue weighted by Crippen LogP contribution is -2.41. The van der Waals surface area contributed by atoms with Crippen molar-refractivity contribution in [3.8, 4) is 11.5 Å². The van der Waals surface area contributed by atoms with E-state index in [1.165, 1.54) is 6.92 Å². The predicted molar refractivity (Wildman–Crippen MR) is 67.9 cm³/mol. The van der Waals surface area contributed by atoms with Gasteiger partial charge in [0.05, 0.1) is 6.61 Å². The number of carbonyl (C=O) groups excluding carboxylic acids is 2. The van der Waals surface area contributed by atoms with Gasteiger partial charge in [0.25, 0.3) is 0 Å². The molecule has 0 heterocycles. The molecule has 8 heteroatoms. The van der Waals surface area contributed by atoms with E-state index in [0.29, 0.717) is 0 Å². The highest BCUT2D eigenvalue weighted by Gasteiger charge is 2.47. The molecule has 0 saturated heterocycles. The number of halogens is 2. The fourth-order valence-corrected chi connectivity index (χ4v) is 1.53. The molecule has 0 saturated carbocycles. The molecule has 1 aromatic rings. The van der Waals surface area contributed by atoms with Crippen LogP contribution in [0.4, 0.5) is 8.78 Å². The number of esters is 2. The van der Waals surface area contributed by atoms with Crippen LogP contribution in [0.5, 0.6) is 11.5 Å². The first-order chi connectivity index (χ1) is 9.70. The van der Waals surface area contributed by atoms with Crippen molar-refractivity contribution in [1.82, 2.24) is 0 Å². The third kappa shape index (κ3) is 3.88. The van der Waals surface area contributed by atoms with Gasteiger partial charge in [-0.1, -0.05) is 6.07 Å². The van der Waals surface area contributed by atoms with Gasteiger partial charge in [-0.15, -0.1) is 0 Å². The quantitative estimate of drug-likeness (QED) is 0.632. The highest BCUT2D eigenvalue weighted by molar-refractivity contribution is 5.79. The number of ether oxygens (including phenoxy) is 2. The largest absolute Gasteiger partial charge is 0.504 e. The van der Waals surface area contributed by atoms with Crippen molar-refractivity contribution in [3.05, 3.63) is 23.8 Å². The minimum absolute atomic E-state index is 0.196. The number of alkyl halides is 2. The monoisotopic (exact) mass is 303 g/mol. The molecule has 1 rings (SSSR count). The first-order valence-corrected chi connectivity index (χ1v) is 6.02. The molecule has 0 aliphatic carbocycles. The number of hydrogen-bond donors (Lipinski definition) is 2. The van der Waals surface area contributed by atoms with E-state index in [1.54, 1.807) is 0 Å². The lowest BCUT2D eigenvalue weighted by molar-refractivity contribution is -0.174. The Morgan fingerprint density at radius 2 is 2.05 bits per heavy atom. The van der Waals surface area contributed by atoms with Crippen LogP contribution in [0.1, 0.15) is 25.5 Å². The molecular weight excluding hydrogens is 288 g/mol. The normalized spacial score (nSPS) is 12.6. The van der Waals surface area contributed by atoms with Crippen LogP contribution < -0.4 is 10.5 Å². The van der Waals surface area contributed by atoms with Crippen LogP contribution in [0.25, 0.3) is 0 Å². The van der Waals surface area contributed by atoms with Gasteiger partial charge >= 0.3 is 17.9 Å². The Kier molecular flexibility index (Phi) is 5.20. The zero-order valence-corrected chi connectivity index (χ0v) is 11.4. The van der Waals surface area contributed by atoms with Gasteiger partial charge in [0.15, 0.2) is 11.5 Å². The SMILES string of the molecule is CCOC(=O)C(F)(F)[C@@H](N)c1ccc(OC(C)=O)c(O)c1. The van der Waals surface area contributed by atoms with Crippen LogP contribution in [0, 0.1) is 0 Å². The summed E-state index contributed by atoms with van der Waals surface area (Å²) in [4.78, 5) is 22.0. The molecule has 0 bridgehead atoms.